The van der Waals surface area contributed by atoms with Gasteiger partial charge in [-0.05, 0) is 109 Å². The Morgan fingerprint density at radius 2 is 1.53 bits per heavy atom. The highest BCUT2D eigenvalue weighted by atomic mass is 16.5. The van der Waals surface area contributed by atoms with Gasteiger partial charge in [-0.15, -0.1) is 0 Å². The van der Waals surface area contributed by atoms with Crippen molar-refractivity contribution < 1.29 is 14.3 Å². The Hall–Kier alpha value is -3.60. The van der Waals surface area contributed by atoms with Gasteiger partial charge in [-0.25, -0.2) is 4.79 Å². The molecule has 2 atom stereocenters. The molecule has 4 fully saturated rings. The van der Waals surface area contributed by atoms with E-state index in [1.165, 1.54) is 51.2 Å². The Morgan fingerprint density at radius 3 is 2.21 bits per heavy atom. The van der Waals surface area contributed by atoms with Crippen LogP contribution in [0.15, 0.2) is 72.8 Å². The zero-order valence-electron chi connectivity index (χ0n) is 22.5. The Labute approximate surface area is 225 Å². The summed E-state index contributed by atoms with van der Waals surface area (Å²) in [5.41, 5.74) is 5.78. The SMILES string of the molecule is COC(=O)c1ccccc1Nc1cccc(C(=O)Nc2ccc(C34CC5CC(C)(CC(C)(C5)C3)C4)cc2)c1. The first-order valence-corrected chi connectivity index (χ1v) is 13.6. The molecule has 4 saturated carbocycles. The monoisotopic (exact) mass is 508 g/mol. The number of anilines is 3. The number of hydrogen-bond acceptors (Lipinski definition) is 4. The lowest BCUT2D eigenvalue weighted by molar-refractivity contribution is -0.110. The smallest absolute Gasteiger partial charge is 0.339 e. The molecular weight excluding hydrogens is 472 g/mol. The van der Waals surface area contributed by atoms with Crippen LogP contribution < -0.4 is 10.6 Å². The first-order valence-electron chi connectivity index (χ1n) is 13.6. The Balaban J connectivity index is 1.17. The minimum absolute atomic E-state index is 0.169. The highest BCUT2D eigenvalue weighted by Gasteiger charge is 2.60. The molecule has 3 aromatic carbocycles. The molecule has 0 aromatic heterocycles. The molecule has 0 saturated heterocycles. The standard InChI is InChI=1S/C33H36N2O3/c1-31-16-22-17-32(2,19-31)21-33(18-22,20-31)24-11-13-25(14-12-24)35-29(36)23-7-6-8-26(15-23)34-28-10-5-4-9-27(28)30(37)38-3/h4-15,22,34H,16-21H2,1-3H3,(H,35,36). The fourth-order valence-electron chi connectivity index (χ4n) is 8.65. The molecule has 4 aliphatic carbocycles. The van der Waals surface area contributed by atoms with Crippen molar-refractivity contribution in [3.63, 3.8) is 0 Å². The predicted octanol–water partition coefficient (Wildman–Crippen LogP) is 7.72. The van der Waals surface area contributed by atoms with Gasteiger partial charge in [0.2, 0.25) is 0 Å². The molecule has 2 N–H and O–H groups in total. The Morgan fingerprint density at radius 1 is 0.816 bits per heavy atom. The molecular formula is C33H36N2O3. The lowest BCUT2D eigenvalue weighted by Crippen LogP contribution is -2.56. The third-order valence-electron chi connectivity index (χ3n) is 9.12. The summed E-state index contributed by atoms with van der Waals surface area (Å²) < 4.78 is 4.89. The van der Waals surface area contributed by atoms with Crippen LogP contribution >= 0.6 is 0 Å². The number of para-hydroxylation sites is 1. The third kappa shape index (κ3) is 4.48. The maximum Gasteiger partial charge on any atom is 0.339 e. The minimum atomic E-state index is -0.415. The number of hydrogen-bond donors (Lipinski definition) is 2. The lowest BCUT2D eigenvalue weighted by Gasteiger charge is -2.65. The van der Waals surface area contributed by atoms with Gasteiger partial charge < -0.3 is 15.4 Å². The van der Waals surface area contributed by atoms with Crippen molar-refractivity contribution in [2.75, 3.05) is 17.7 Å². The zero-order valence-corrected chi connectivity index (χ0v) is 22.5. The van der Waals surface area contributed by atoms with Crippen LogP contribution in [-0.4, -0.2) is 19.0 Å². The van der Waals surface area contributed by atoms with Crippen molar-refractivity contribution in [1.29, 1.82) is 0 Å². The summed E-state index contributed by atoms with van der Waals surface area (Å²) in [6, 6.07) is 23.0. The van der Waals surface area contributed by atoms with Gasteiger partial charge in [-0.2, -0.15) is 0 Å². The first kappa shape index (κ1) is 24.7. The van der Waals surface area contributed by atoms with Crippen molar-refractivity contribution in [1.82, 2.24) is 0 Å². The van der Waals surface area contributed by atoms with E-state index in [0.29, 0.717) is 33.3 Å². The molecule has 3 aromatic rings. The normalized spacial score (nSPS) is 29.1. The van der Waals surface area contributed by atoms with Crippen molar-refractivity contribution in [2.45, 2.75) is 57.8 Å². The van der Waals surface area contributed by atoms with Crippen LogP contribution in [0.4, 0.5) is 17.1 Å². The summed E-state index contributed by atoms with van der Waals surface area (Å²) in [7, 11) is 1.36. The van der Waals surface area contributed by atoms with Crippen LogP contribution in [0.3, 0.4) is 0 Å². The van der Waals surface area contributed by atoms with E-state index in [2.05, 4.69) is 48.7 Å². The minimum Gasteiger partial charge on any atom is -0.465 e. The van der Waals surface area contributed by atoms with E-state index < -0.39 is 5.97 Å². The molecule has 38 heavy (non-hydrogen) atoms. The molecule has 4 bridgehead atoms. The number of rotatable bonds is 6. The van der Waals surface area contributed by atoms with Gasteiger partial charge in [0.1, 0.15) is 0 Å². The second-order valence-corrected chi connectivity index (χ2v) is 12.7. The molecule has 0 aliphatic heterocycles. The summed E-state index contributed by atoms with van der Waals surface area (Å²) in [6.45, 7) is 5.02. The fraction of sp³-hybridized carbons (Fsp3) is 0.394. The number of esters is 1. The largest absolute Gasteiger partial charge is 0.465 e. The van der Waals surface area contributed by atoms with Crippen LogP contribution in [-0.2, 0) is 10.2 Å². The molecule has 196 valence electrons. The third-order valence-corrected chi connectivity index (χ3v) is 9.12. The number of methoxy groups -OCH3 is 1. The molecule has 4 aliphatic rings. The predicted molar refractivity (Wildman–Crippen MR) is 151 cm³/mol. The van der Waals surface area contributed by atoms with Gasteiger partial charge in [0.15, 0.2) is 0 Å². The van der Waals surface area contributed by atoms with E-state index in [1.54, 1.807) is 24.3 Å². The van der Waals surface area contributed by atoms with Gasteiger partial charge in [-0.3, -0.25) is 4.79 Å². The first-order chi connectivity index (χ1) is 18.2. The van der Waals surface area contributed by atoms with E-state index in [0.717, 1.165) is 11.6 Å². The van der Waals surface area contributed by atoms with Gasteiger partial charge in [0, 0.05) is 16.9 Å². The number of carbonyl (C=O) groups excluding carboxylic acids is 2. The van der Waals surface area contributed by atoms with E-state index in [9.17, 15) is 9.59 Å². The summed E-state index contributed by atoms with van der Waals surface area (Å²) >= 11 is 0. The highest BCUT2D eigenvalue weighted by molar-refractivity contribution is 6.05. The maximum absolute atomic E-state index is 13.1. The van der Waals surface area contributed by atoms with E-state index in [1.807, 2.05) is 24.3 Å². The summed E-state index contributed by atoms with van der Waals surface area (Å²) in [4.78, 5) is 25.2. The molecule has 2 unspecified atom stereocenters. The van der Waals surface area contributed by atoms with Gasteiger partial charge >= 0.3 is 5.97 Å². The second kappa shape index (κ2) is 9.00. The molecule has 1 amide bonds. The topological polar surface area (TPSA) is 67.4 Å². The van der Waals surface area contributed by atoms with E-state index in [-0.39, 0.29) is 11.3 Å². The second-order valence-electron chi connectivity index (χ2n) is 12.7. The van der Waals surface area contributed by atoms with Gasteiger partial charge in [0.05, 0.1) is 18.4 Å². The van der Waals surface area contributed by atoms with Crippen molar-refractivity contribution in [3.8, 4) is 0 Å². The Bertz CT molecular complexity index is 1380. The van der Waals surface area contributed by atoms with Crippen molar-refractivity contribution in [2.24, 2.45) is 16.7 Å². The fourth-order valence-corrected chi connectivity index (χ4v) is 8.65. The molecule has 0 heterocycles. The van der Waals surface area contributed by atoms with Crippen LogP contribution in [0.2, 0.25) is 0 Å². The van der Waals surface area contributed by atoms with E-state index in [4.69, 9.17) is 4.74 Å². The zero-order chi connectivity index (χ0) is 26.5. The van der Waals surface area contributed by atoms with Crippen LogP contribution in [0.5, 0.6) is 0 Å². The number of nitrogens with one attached hydrogen (secondary N) is 2. The van der Waals surface area contributed by atoms with Gasteiger partial charge in [-0.1, -0.05) is 44.2 Å². The molecule has 0 radical (unpaired) electrons. The highest BCUT2D eigenvalue weighted by Crippen LogP contribution is 2.69. The van der Waals surface area contributed by atoms with Gasteiger partial charge in [0.25, 0.3) is 5.91 Å². The lowest BCUT2D eigenvalue weighted by atomic mass is 9.39. The summed E-state index contributed by atoms with van der Waals surface area (Å²) in [6.07, 6.45) is 8.03. The van der Waals surface area contributed by atoms with E-state index >= 15 is 0 Å². The van der Waals surface area contributed by atoms with Crippen LogP contribution in [0.25, 0.3) is 0 Å². The molecule has 5 heteroatoms. The van der Waals surface area contributed by atoms with Crippen molar-refractivity contribution >= 4 is 28.9 Å². The quantitative estimate of drug-likeness (QED) is 0.335. The van der Waals surface area contributed by atoms with Crippen LogP contribution in [0.1, 0.15) is 78.7 Å². The summed E-state index contributed by atoms with van der Waals surface area (Å²) in [5.74, 6) is 0.265. The average Bonchev–Trinajstić information content (AvgIpc) is 2.87. The molecule has 7 rings (SSSR count). The number of carbonyl (C=O) groups is 2. The Kier molecular flexibility index (Phi) is 5.86. The average molecular weight is 509 g/mol. The molecule has 0 spiro atoms. The number of benzene rings is 3. The summed E-state index contributed by atoms with van der Waals surface area (Å²) in [5, 5.41) is 6.31. The maximum atomic E-state index is 13.1. The number of amides is 1. The molecule has 5 nitrogen and oxygen atoms in total. The number of ether oxygens (including phenoxy) is 1. The van der Waals surface area contributed by atoms with Crippen molar-refractivity contribution in [3.05, 3.63) is 89.5 Å². The van der Waals surface area contributed by atoms with Crippen LogP contribution in [0, 0.1) is 16.7 Å².